The van der Waals surface area contributed by atoms with Gasteiger partial charge in [0.25, 0.3) is 6.43 Å². The average molecular weight is 462 g/mol. The van der Waals surface area contributed by atoms with E-state index in [1.807, 2.05) is 11.0 Å². The Morgan fingerprint density at radius 2 is 1.88 bits per heavy atom. The molecular weight excluding hydrogens is 440 g/mol. The summed E-state index contributed by atoms with van der Waals surface area (Å²) in [6.45, 7) is 2.01. The van der Waals surface area contributed by atoms with Crippen LogP contribution in [0.3, 0.4) is 0 Å². The average Bonchev–Trinajstić information content (AvgIpc) is 3.30. The minimum absolute atomic E-state index is 0.175. The highest BCUT2D eigenvalue weighted by Gasteiger charge is 2.48. The van der Waals surface area contributed by atoms with Gasteiger partial charge in [-0.1, -0.05) is 11.6 Å². The van der Waals surface area contributed by atoms with Crippen molar-refractivity contribution in [1.29, 1.82) is 0 Å². The number of halogens is 3. The summed E-state index contributed by atoms with van der Waals surface area (Å²) in [5.41, 5.74) is 1.39. The summed E-state index contributed by atoms with van der Waals surface area (Å²) in [6, 6.07) is 1.84. The lowest BCUT2D eigenvalue weighted by atomic mass is 9.77. The molecule has 3 aromatic heterocycles. The molecule has 8 nitrogen and oxygen atoms in total. The third-order valence-corrected chi connectivity index (χ3v) is 6.63. The van der Waals surface area contributed by atoms with Gasteiger partial charge in [0.1, 0.15) is 17.9 Å². The molecule has 0 radical (unpaired) electrons. The van der Waals surface area contributed by atoms with Gasteiger partial charge in [0.2, 0.25) is 5.91 Å². The molecule has 3 aromatic rings. The van der Waals surface area contributed by atoms with Crippen molar-refractivity contribution in [2.45, 2.75) is 38.8 Å². The molecule has 0 N–H and O–H groups in total. The summed E-state index contributed by atoms with van der Waals surface area (Å²) in [7, 11) is 0. The Labute approximate surface area is 188 Å². The van der Waals surface area contributed by atoms with E-state index in [9.17, 15) is 13.6 Å². The highest BCUT2D eigenvalue weighted by Crippen LogP contribution is 2.42. The number of amides is 1. The number of piperidine rings is 1. The van der Waals surface area contributed by atoms with Crippen LogP contribution in [0.5, 0.6) is 0 Å². The predicted molar refractivity (Wildman–Crippen MR) is 114 cm³/mol. The molecule has 1 spiro atoms. The first-order valence-corrected chi connectivity index (χ1v) is 10.9. The van der Waals surface area contributed by atoms with E-state index in [2.05, 4.69) is 25.0 Å². The van der Waals surface area contributed by atoms with Gasteiger partial charge in [-0.2, -0.15) is 5.10 Å². The molecule has 5 rings (SSSR count). The smallest absolute Gasteiger partial charge is 0.258 e. The van der Waals surface area contributed by atoms with Crippen molar-refractivity contribution >= 4 is 34.5 Å². The third kappa shape index (κ3) is 3.87. The van der Waals surface area contributed by atoms with E-state index in [0.29, 0.717) is 61.0 Å². The van der Waals surface area contributed by atoms with Gasteiger partial charge in [-0.05, 0) is 30.9 Å². The lowest BCUT2D eigenvalue weighted by Crippen LogP contribution is -2.45. The molecule has 11 heteroatoms. The first-order valence-electron chi connectivity index (χ1n) is 10.5. The highest BCUT2D eigenvalue weighted by molar-refractivity contribution is 6.30. The van der Waals surface area contributed by atoms with Crippen LogP contribution in [0.4, 0.5) is 14.6 Å². The first kappa shape index (κ1) is 21.0. The molecule has 1 amide bonds. The van der Waals surface area contributed by atoms with Gasteiger partial charge in [-0.25, -0.2) is 23.4 Å². The number of pyridine rings is 1. The van der Waals surface area contributed by atoms with Crippen molar-refractivity contribution in [3.63, 3.8) is 0 Å². The fraction of sp³-hybridized carbons (Fsp3) is 0.476. The number of carbonyl (C=O) groups excluding carboxylic acids is 1. The molecule has 0 atom stereocenters. The normalized spacial score (nSPS) is 18.4. The van der Waals surface area contributed by atoms with Crippen molar-refractivity contribution < 1.29 is 13.6 Å². The zero-order chi connectivity index (χ0) is 22.3. The molecular formula is C21H22ClF2N7O. The molecule has 0 unspecified atom stereocenters. The van der Waals surface area contributed by atoms with E-state index in [1.54, 1.807) is 18.6 Å². The van der Waals surface area contributed by atoms with Gasteiger partial charge in [0.05, 0.1) is 22.8 Å². The standard InChI is InChI=1S/C21H22ClF2N7O/c22-15-7-14(8-25-9-15)12-30-6-3-21(20(30)32)1-4-29(5-2-21)18-11-26-16-10-27-31(13-17(23)24)19(16)28-18/h7-11,17H,1-6,12-13H2. The zero-order valence-electron chi connectivity index (χ0n) is 17.3. The van der Waals surface area contributed by atoms with Crippen LogP contribution in [0.2, 0.25) is 5.02 Å². The van der Waals surface area contributed by atoms with Gasteiger partial charge in [-0.3, -0.25) is 9.78 Å². The molecule has 168 valence electrons. The van der Waals surface area contributed by atoms with Gasteiger partial charge in [-0.15, -0.1) is 0 Å². The Morgan fingerprint density at radius 3 is 2.62 bits per heavy atom. The maximum Gasteiger partial charge on any atom is 0.258 e. The van der Waals surface area contributed by atoms with Crippen LogP contribution in [0.15, 0.2) is 30.9 Å². The van der Waals surface area contributed by atoms with Crippen LogP contribution < -0.4 is 4.90 Å². The summed E-state index contributed by atoms with van der Waals surface area (Å²) in [6.07, 6.45) is 6.13. The number of likely N-dealkylation sites (tertiary alicyclic amines) is 1. The maximum atomic E-state index is 13.2. The van der Waals surface area contributed by atoms with Crippen molar-refractivity contribution in [2.24, 2.45) is 5.41 Å². The van der Waals surface area contributed by atoms with Gasteiger partial charge >= 0.3 is 0 Å². The zero-order valence-corrected chi connectivity index (χ0v) is 18.0. The number of hydrogen-bond donors (Lipinski definition) is 0. The van der Waals surface area contributed by atoms with E-state index in [1.165, 1.54) is 10.9 Å². The third-order valence-electron chi connectivity index (χ3n) is 6.42. The summed E-state index contributed by atoms with van der Waals surface area (Å²) in [4.78, 5) is 30.2. The lowest BCUT2D eigenvalue weighted by molar-refractivity contribution is -0.137. The number of rotatable bonds is 5. The van der Waals surface area contributed by atoms with Crippen LogP contribution in [0.1, 0.15) is 24.8 Å². The molecule has 0 bridgehead atoms. The predicted octanol–water partition coefficient (Wildman–Crippen LogP) is 3.16. The largest absolute Gasteiger partial charge is 0.355 e. The Kier molecular flexibility index (Phi) is 5.40. The lowest BCUT2D eigenvalue weighted by Gasteiger charge is -2.38. The molecule has 2 fully saturated rings. The molecule has 0 aliphatic carbocycles. The summed E-state index contributed by atoms with van der Waals surface area (Å²) >= 11 is 6.02. The SMILES string of the molecule is O=C1N(Cc2cncc(Cl)c2)CCC12CCN(c1cnc3cnn(CC(F)F)c3n1)CC2. The molecule has 0 aromatic carbocycles. The minimum atomic E-state index is -2.52. The topological polar surface area (TPSA) is 80.0 Å². The van der Waals surface area contributed by atoms with Crippen molar-refractivity contribution in [1.82, 2.24) is 29.6 Å². The number of nitrogens with zero attached hydrogens (tertiary/aromatic N) is 7. The highest BCUT2D eigenvalue weighted by atomic mass is 35.5. The number of aromatic nitrogens is 5. The fourth-order valence-electron chi connectivity index (χ4n) is 4.69. The van der Waals surface area contributed by atoms with Crippen LogP contribution >= 0.6 is 11.6 Å². The Hall–Kier alpha value is -2.88. The number of anilines is 1. The number of alkyl halides is 2. The molecule has 32 heavy (non-hydrogen) atoms. The summed E-state index contributed by atoms with van der Waals surface area (Å²) < 4.78 is 26.8. The Balaban J connectivity index is 1.27. The molecule has 2 saturated heterocycles. The van der Waals surface area contributed by atoms with E-state index >= 15 is 0 Å². The second kappa shape index (κ2) is 8.23. The van der Waals surface area contributed by atoms with Gasteiger partial charge in [0.15, 0.2) is 5.65 Å². The first-order chi connectivity index (χ1) is 15.4. The summed E-state index contributed by atoms with van der Waals surface area (Å²) in [5, 5.41) is 4.53. The van der Waals surface area contributed by atoms with E-state index < -0.39 is 13.0 Å². The Morgan fingerprint density at radius 1 is 1.09 bits per heavy atom. The van der Waals surface area contributed by atoms with Crippen LogP contribution in [0.25, 0.3) is 11.2 Å². The quantitative estimate of drug-likeness (QED) is 0.580. The number of hydrogen-bond acceptors (Lipinski definition) is 6. The van der Waals surface area contributed by atoms with Crippen LogP contribution in [-0.4, -0.2) is 61.6 Å². The van der Waals surface area contributed by atoms with Crippen molar-refractivity contribution in [2.75, 3.05) is 24.5 Å². The molecule has 2 aliphatic heterocycles. The number of carbonyl (C=O) groups is 1. The van der Waals surface area contributed by atoms with Crippen LogP contribution in [-0.2, 0) is 17.9 Å². The van der Waals surface area contributed by atoms with Gasteiger partial charge in [0, 0.05) is 38.6 Å². The summed E-state index contributed by atoms with van der Waals surface area (Å²) in [5.74, 6) is 0.796. The van der Waals surface area contributed by atoms with E-state index in [0.717, 1.165) is 12.0 Å². The van der Waals surface area contributed by atoms with Crippen LogP contribution in [0, 0.1) is 5.41 Å². The maximum absolute atomic E-state index is 13.2. The molecule has 0 saturated carbocycles. The second-order valence-electron chi connectivity index (χ2n) is 8.41. The monoisotopic (exact) mass is 461 g/mol. The van der Waals surface area contributed by atoms with Crippen molar-refractivity contribution in [3.05, 3.63) is 41.4 Å². The minimum Gasteiger partial charge on any atom is -0.355 e. The number of fused-ring (bicyclic) bond motifs is 1. The van der Waals surface area contributed by atoms with E-state index in [-0.39, 0.29) is 11.3 Å². The Bertz CT molecular complexity index is 1150. The van der Waals surface area contributed by atoms with Gasteiger partial charge < -0.3 is 9.80 Å². The fourth-order valence-corrected chi connectivity index (χ4v) is 4.89. The molecule has 5 heterocycles. The van der Waals surface area contributed by atoms with Crippen molar-refractivity contribution in [3.8, 4) is 0 Å². The van der Waals surface area contributed by atoms with E-state index in [4.69, 9.17) is 11.6 Å². The molecule has 2 aliphatic rings. The second-order valence-corrected chi connectivity index (χ2v) is 8.85.